The van der Waals surface area contributed by atoms with Crippen LogP contribution in [0.4, 0.5) is 0 Å². The van der Waals surface area contributed by atoms with Crippen molar-refractivity contribution in [3.8, 4) is 12.1 Å². The maximum Gasteiger partial charge on any atom is 0.0637 e. The van der Waals surface area contributed by atoms with E-state index in [9.17, 15) is 10.5 Å². The molecule has 0 unspecified atom stereocenters. The molecule has 4 rings (SSSR count). The summed E-state index contributed by atoms with van der Waals surface area (Å²) in [5.41, 5.74) is 26.5. The second kappa shape index (κ2) is 22.3. The summed E-state index contributed by atoms with van der Waals surface area (Å²) in [6, 6.07) is 4.52. The fourth-order valence-electron chi connectivity index (χ4n) is 11.5. The summed E-state index contributed by atoms with van der Waals surface area (Å²) >= 11 is 0. The second-order valence-corrected chi connectivity index (χ2v) is 16.8. The van der Waals surface area contributed by atoms with Crippen molar-refractivity contribution in [2.24, 2.45) is 61.7 Å². The summed E-state index contributed by atoms with van der Waals surface area (Å²) in [5.74, 6) is 2.72. The van der Waals surface area contributed by atoms with Gasteiger partial charge < -0.3 is 19.1 Å². The minimum absolute atomic E-state index is 0.0392. The Kier molecular flexibility index (Phi) is 18.0. The molecule has 4 saturated carbocycles. The van der Waals surface area contributed by atoms with E-state index in [1.165, 1.54) is 0 Å². The van der Waals surface area contributed by atoms with Gasteiger partial charge in [-0.15, -0.1) is 0 Å². The van der Waals surface area contributed by atoms with Crippen LogP contribution in [-0.4, -0.2) is 82.3 Å². The van der Waals surface area contributed by atoms with E-state index < -0.39 is 0 Å². The molecule has 4 fully saturated rings. The monoisotopic (exact) mass is 749 g/mol. The largest absolute Gasteiger partial charge is 0.378 e. The van der Waals surface area contributed by atoms with Crippen LogP contribution in [0.1, 0.15) is 111 Å². The Balaban J connectivity index is 1.58. The van der Waals surface area contributed by atoms with Crippen LogP contribution in [0.25, 0.3) is 31.3 Å². The lowest BCUT2D eigenvalue weighted by Crippen LogP contribution is -2.63. The lowest BCUT2D eigenvalue weighted by atomic mass is 9.43. The summed E-state index contributed by atoms with van der Waals surface area (Å²) < 4.78 is 20.3. The van der Waals surface area contributed by atoms with Gasteiger partial charge in [0, 0.05) is 85.5 Å². The van der Waals surface area contributed by atoms with Crippen molar-refractivity contribution in [2.75, 3.05) is 59.1 Å². The first-order valence-electron chi connectivity index (χ1n) is 20.6. The van der Waals surface area contributed by atoms with Gasteiger partial charge in [-0.1, -0.05) is 36.1 Å². The topological polar surface area (TPSA) is 225 Å². The SMILES string of the molecule is C[C@H](CCCN(CCC#N)CCC#N)[C@H]1CC[C@H]2[C@@H]3[C@H](OCCCN=[N+]=[N-])C[C@@H]4C[C@H](OCCCN=[N+]=[N-])CC[C@]4(C)[C@H]3C[C@H](OCCCN=[N+]=[N-])[C@]12C. The average molecular weight is 749 g/mol. The van der Waals surface area contributed by atoms with Crippen LogP contribution in [0.15, 0.2) is 15.3 Å². The molecule has 0 amide bonds. The van der Waals surface area contributed by atoms with Gasteiger partial charge in [-0.05, 0) is 141 Å². The van der Waals surface area contributed by atoms with E-state index in [0.29, 0.717) is 114 Å². The minimum Gasteiger partial charge on any atom is -0.378 e. The molecule has 0 aliphatic heterocycles. The summed E-state index contributed by atoms with van der Waals surface area (Å²) in [4.78, 5) is 11.0. The molecule has 4 aliphatic rings. The zero-order valence-electron chi connectivity index (χ0n) is 33.1. The predicted octanol–water partition coefficient (Wildman–Crippen LogP) is 9.67. The van der Waals surface area contributed by atoms with Crippen LogP contribution in [-0.2, 0) is 14.2 Å². The molecule has 0 radical (unpaired) electrons. The van der Waals surface area contributed by atoms with E-state index in [2.05, 4.69) is 67.9 Å². The molecule has 0 bridgehead atoms. The van der Waals surface area contributed by atoms with E-state index in [1.54, 1.807) is 0 Å². The average Bonchev–Trinajstić information content (AvgIpc) is 3.53. The fourth-order valence-corrected chi connectivity index (χ4v) is 11.5. The van der Waals surface area contributed by atoms with Crippen molar-refractivity contribution in [3.05, 3.63) is 31.3 Å². The second-order valence-electron chi connectivity index (χ2n) is 16.8. The molecule has 54 heavy (non-hydrogen) atoms. The van der Waals surface area contributed by atoms with Gasteiger partial charge in [0.2, 0.25) is 0 Å². The van der Waals surface area contributed by atoms with Crippen molar-refractivity contribution >= 4 is 0 Å². The number of nitriles is 2. The smallest absolute Gasteiger partial charge is 0.0637 e. The third-order valence-electron chi connectivity index (χ3n) is 14.1. The molecule has 0 spiro atoms. The van der Waals surface area contributed by atoms with Gasteiger partial charge in [0.15, 0.2) is 0 Å². The highest BCUT2D eigenvalue weighted by atomic mass is 16.5. The lowest BCUT2D eigenvalue weighted by molar-refractivity contribution is -0.227. The molecule has 0 heterocycles. The highest BCUT2D eigenvalue weighted by Gasteiger charge is 2.66. The number of nitrogens with zero attached hydrogens (tertiary/aromatic N) is 12. The fraction of sp³-hybridized carbons (Fsp3) is 0.949. The van der Waals surface area contributed by atoms with Crippen molar-refractivity contribution in [1.29, 1.82) is 10.5 Å². The molecular weight excluding hydrogens is 685 g/mol. The molecule has 15 nitrogen and oxygen atoms in total. The molecule has 15 heteroatoms. The zero-order valence-corrected chi connectivity index (χ0v) is 33.1. The van der Waals surface area contributed by atoms with Crippen molar-refractivity contribution in [2.45, 2.75) is 129 Å². The van der Waals surface area contributed by atoms with Gasteiger partial charge in [-0.3, -0.25) is 0 Å². The molecule has 0 aromatic heterocycles. The summed E-state index contributed by atoms with van der Waals surface area (Å²) in [7, 11) is 0. The Hall–Kier alpha value is -3.25. The minimum atomic E-state index is -0.0392. The number of hydrogen-bond acceptors (Lipinski definition) is 9. The summed E-state index contributed by atoms with van der Waals surface area (Å²) in [5, 5.41) is 29.6. The van der Waals surface area contributed by atoms with Crippen molar-refractivity contribution < 1.29 is 14.2 Å². The van der Waals surface area contributed by atoms with E-state index >= 15 is 0 Å². The molecule has 0 aromatic rings. The molecule has 11 atom stereocenters. The maximum atomic E-state index is 9.18. The zero-order chi connectivity index (χ0) is 38.8. The number of ether oxygens (including phenoxy) is 3. The molecule has 0 saturated heterocycles. The molecule has 0 aromatic carbocycles. The normalized spacial score (nSPS) is 33.1. The van der Waals surface area contributed by atoms with Gasteiger partial charge in [0.05, 0.1) is 30.5 Å². The van der Waals surface area contributed by atoms with Gasteiger partial charge >= 0.3 is 0 Å². The van der Waals surface area contributed by atoms with E-state index in [-0.39, 0.29) is 29.1 Å². The van der Waals surface area contributed by atoms with E-state index in [0.717, 1.165) is 70.8 Å². The Morgan fingerprint density at radius 3 is 1.98 bits per heavy atom. The standard InChI is InChI=1S/C39H64N12O3/c1-29(10-4-20-51(21-5-15-40)22-6-16-41)32-11-12-33-37-34(28-36(39(32,33)3)54-25-9-19-47-50-44)38(2)14-13-31(52-23-7-17-45-48-42)26-30(38)27-35(37)53-24-8-18-46-49-43/h29-37H,4-14,17-28H2,1-3H3/t29-,30+,31-,32-,33+,34+,35-,36+,37+,38+,39-/m1/s1. The van der Waals surface area contributed by atoms with E-state index in [4.69, 9.17) is 30.8 Å². The Morgan fingerprint density at radius 1 is 0.759 bits per heavy atom. The predicted molar refractivity (Wildman–Crippen MR) is 206 cm³/mol. The lowest BCUT2D eigenvalue weighted by Gasteiger charge is -2.65. The molecule has 298 valence electrons. The quantitative estimate of drug-likeness (QED) is 0.0404. The van der Waals surface area contributed by atoms with Crippen LogP contribution in [0.5, 0.6) is 0 Å². The van der Waals surface area contributed by atoms with Gasteiger partial charge in [-0.25, -0.2) is 0 Å². The highest BCUT2D eigenvalue weighted by molar-refractivity contribution is 5.15. The maximum absolute atomic E-state index is 9.18. The van der Waals surface area contributed by atoms with Gasteiger partial charge in [0.25, 0.3) is 0 Å². The number of azide groups is 3. The highest BCUT2D eigenvalue weighted by Crippen LogP contribution is 2.69. The van der Waals surface area contributed by atoms with Crippen LogP contribution in [0.2, 0.25) is 0 Å². The molecule has 4 aliphatic carbocycles. The Bertz CT molecular complexity index is 1380. The summed E-state index contributed by atoms with van der Waals surface area (Å²) in [6.07, 6.45) is 13.0. The molecule has 0 N–H and O–H groups in total. The Morgan fingerprint density at radius 2 is 1.37 bits per heavy atom. The van der Waals surface area contributed by atoms with Crippen molar-refractivity contribution in [3.63, 3.8) is 0 Å². The van der Waals surface area contributed by atoms with Crippen LogP contribution >= 0.6 is 0 Å². The van der Waals surface area contributed by atoms with Crippen LogP contribution < -0.4 is 0 Å². The van der Waals surface area contributed by atoms with Gasteiger partial charge in [0.1, 0.15) is 0 Å². The third kappa shape index (κ3) is 11.0. The van der Waals surface area contributed by atoms with E-state index in [1.807, 2.05) is 0 Å². The first-order valence-corrected chi connectivity index (χ1v) is 20.6. The number of rotatable bonds is 24. The number of hydrogen-bond donors (Lipinski definition) is 0. The molecular formula is C39H64N12O3. The van der Waals surface area contributed by atoms with Crippen LogP contribution in [0.3, 0.4) is 0 Å². The van der Waals surface area contributed by atoms with Gasteiger partial charge in [-0.2, -0.15) is 10.5 Å². The first kappa shape index (κ1) is 43.5. The third-order valence-corrected chi connectivity index (χ3v) is 14.1. The van der Waals surface area contributed by atoms with Crippen molar-refractivity contribution in [1.82, 2.24) is 4.90 Å². The Labute approximate surface area is 322 Å². The first-order chi connectivity index (χ1) is 26.3. The number of fused-ring (bicyclic) bond motifs is 5. The van der Waals surface area contributed by atoms with Crippen LogP contribution in [0, 0.1) is 69.0 Å². The summed E-state index contributed by atoms with van der Waals surface area (Å²) in [6.45, 7) is 12.8.